The molecule has 1 aliphatic rings. The van der Waals surface area contributed by atoms with Crippen LogP contribution in [0.25, 0.3) is 0 Å². The van der Waals surface area contributed by atoms with Crippen molar-refractivity contribution in [2.75, 3.05) is 13.7 Å². The summed E-state index contributed by atoms with van der Waals surface area (Å²) in [5.74, 6) is 0.185. The summed E-state index contributed by atoms with van der Waals surface area (Å²) in [6.07, 6.45) is 6.09. The summed E-state index contributed by atoms with van der Waals surface area (Å²) in [5, 5.41) is 7.78. The van der Waals surface area contributed by atoms with Gasteiger partial charge in [0.1, 0.15) is 5.75 Å². The average molecular weight is 342 g/mol. The quantitative estimate of drug-likeness (QED) is 0.755. The third kappa shape index (κ3) is 4.82. The summed E-state index contributed by atoms with van der Waals surface area (Å²) in [7, 11) is 2.11. The maximum absolute atomic E-state index is 10.7. The Hall–Kier alpha value is -2.34. The highest BCUT2D eigenvalue weighted by Crippen LogP contribution is 2.23. The second kappa shape index (κ2) is 8.16. The summed E-state index contributed by atoms with van der Waals surface area (Å²) in [5.41, 5.74) is 10.2. The van der Waals surface area contributed by atoms with Crippen LogP contribution in [0.2, 0.25) is 0 Å². The fourth-order valence-electron chi connectivity index (χ4n) is 3.33. The van der Waals surface area contributed by atoms with Gasteiger partial charge in [0.15, 0.2) is 6.61 Å². The highest BCUT2D eigenvalue weighted by molar-refractivity contribution is 5.75. The van der Waals surface area contributed by atoms with Gasteiger partial charge in [-0.3, -0.25) is 14.8 Å². The van der Waals surface area contributed by atoms with Crippen molar-refractivity contribution in [2.45, 2.75) is 45.2 Å². The highest BCUT2D eigenvalue weighted by atomic mass is 16.5. The number of benzene rings is 1. The van der Waals surface area contributed by atoms with Gasteiger partial charge >= 0.3 is 0 Å². The SMILES string of the molecule is CN(Cc1ccc(OCC(N)=O)cc1)Cc1n[nH]c2c1CCCCC2. The van der Waals surface area contributed by atoms with Crippen molar-refractivity contribution in [2.24, 2.45) is 5.73 Å². The van der Waals surface area contributed by atoms with Gasteiger partial charge in [0.25, 0.3) is 5.91 Å². The van der Waals surface area contributed by atoms with E-state index in [1.165, 1.54) is 41.8 Å². The fourth-order valence-corrected chi connectivity index (χ4v) is 3.33. The molecule has 0 spiro atoms. The Bertz CT molecular complexity index is 709. The van der Waals surface area contributed by atoms with Crippen LogP contribution in [0.3, 0.4) is 0 Å². The molecule has 0 fully saturated rings. The summed E-state index contributed by atoms with van der Waals surface area (Å²) >= 11 is 0. The topological polar surface area (TPSA) is 84.2 Å². The molecular formula is C19H26N4O2. The summed E-state index contributed by atoms with van der Waals surface area (Å²) in [4.78, 5) is 13.0. The van der Waals surface area contributed by atoms with E-state index >= 15 is 0 Å². The predicted molar refractivity (Wildman–Crippen MR) is 96.1 cm³/mol. The van der Waals surface area contributed by atoms with Gasteiger partial charge in [0.05, 0.1) is 5.69 Å². The van der Waals surface area contributed by atoms with E-state index in [2.05, 4.69) is 22.1 Å². The van der Waals surface area contributed by atoms with E-state index in [9.17, 15) is 4.79 Å². The number of amides is 1. The zero-order chi connectivity index (χ0) is 17.6. The van der Waals surface area contributed by atoms with E-state index in [1.807, 2.05) is 24.3 Å². The van der Waals surface area contributed by atoms with Crippen LogP contribution in [0.1, 0.15) is 41.8 Å². The Balaban J connectivity index is 1.56. The minimum absolute atomic E-state index is 0.0937. The Morgan fingerprint density at radius 1 is 1.20 bits per heavy atom. The first-order valence-corrected chi connectivity index (χ1v) is 8.85. The molecule has 0 saturated heterocycles. The second-order valence-corrected chi connectivity index (χ2v) is 6.76. The van der Waals surface area contributed by atoms with Crippen LogP contribution in [0, 0.1) is 0 Å². The number of nitrogens with one attached hydrogen (secondary N) is 1. The van der Waals surface area contributed by atoms with Crippen LogP contribution in [0.4, 0.5) is 0 Å². The molecule has 1 aromatic heterocycles. The molecule has 6 heteroatoms. The molecule has 0 saturated carbocycles. The van der Waals surface area contributed by atoms with E-state index in [-0.39, 0.29) is 6.61 Å². The van der Waals surface area contributed by atoms with E-state index in [0.29, 0.717) is 5.75 Å². The van der Waals surface area contributed by atoms with Crippen molar-refractivity contribution in [3.8, 4) is 5.75 Å². The Morgan fingerprint density at radius 3 is 2.72 bits per heavy atom. The van der Waals surface area contributed by atoms with Crippen LogP contribution in [0.5, 0.6) is 5.75 Å². The van der Waals surface area contributed by atoms with Gasteiger partial charge in [-0.05, 0) is 56.0 Å². The van der Waals surface area contributed by atoms with Gasteiger partial charge in [-0.25, -0.2) is 0 Å². The van der Waals surface area contributed by atoms with Crippen LogP contribution in [-0.4, -0.2) is 34.7 Å². The van der Waals surface area contributed by atoms with E-state index < -0.39 is 5.91 Å². The number of hydrogen-bond acceptors (Lipinski definition) is 4. The number of carbonyl (C=O) groups is 1. The van der Waals surface area contributed by atoms with Crippen LogP contribution < -0.4 is 10.5 Å². The molecule has 0 atom stereocenters. The number of aryl methyl sites for hydroxylation is 1. The number of fused-ring (bicyclic) bond motifs is 1. The highest BCUT2D eigenvalue weighted by Gasteiger charge is 2.16. The van der Waals surface area contributed by atoms with Crippen molar-refractivity contribution < 1.29 is 9.53 Å². The number of nitrogens with two attached hydrogens (primary N) is 1. The lowest BCUT2D eigenvalue weighted by molar-refractivity contribution is -0.119. The van der Waals surface area contributed by atoms with Gasteiger partial charge < -0.3 is 10.5 Å². The Kier molecular flexibility index (Phi) is 5.71. The van der Waals surface area contributed by atoms with E-state index in [0.717, 1.165) is 25.9 Å². The molecule has 0 unspecified atom stereocenters. The van der Waals surface area contributed by atoms with Gasteiger partial charge in [0, 0.05) is 18.8 Å². The van der Waals surface area contributed by atoms with Gasteiger partial charge in [-0.2, -0.15) is 5.10 Å². The molecule has 0 bridgehead atoms. The maximum atomic E-state index is 10.7. The molecule has 134 valence electrons. The number of ether oxygens (including phenoxy) is 1. The first-order valence-electron chi connectivity index (χ1n) is 8.85. The molecule has 0 aliphatic heterocycles. The number of nitrogens with zero attached hydrogens (tertiary/aromatic N) is 2. The maximum Gasteiger partial charge on any atom is 0.255 e. The largest absolute Gasteiger partial charge is 0.484 e. The van der Waals surface area contributed by atoms with Gasteiger partial charge in [-0.1, -0.05) is 18.6 Å². The van der Waals surface area contributed by atoms with Crippen molar-refractivity contribution in [3.63, 3.8) is 0 Å². The lowest BCUT2D eigenvalue weighted by Crippen LogP contribution is -2.20. The lowest BCUT2D eigenvalue weighted by atomic mass is 10.1. The van der Waals surface area contributed by atoms with Crippen molar-refractivity contribution in [1.29, 1.82) is 0 Å². The van der Waals surface area contributed by atoms with Crippen molar-refractivity contribution >= 4 is 5.91 Å². The molecule has 2 aromatic rings. The molecule has 6 nitrogen and oxygen atoms in total. The fraction of sp³-hybridized carbons (Fsp3) is 0.474. The summed E-state index contributed by atoms with van der Waals surface area (Å²) in [6, 6.07) is 7.76. The number of aromatic amines is 1. The van der Waals surface area contributed by atoms with E-state index in [1.54, 1.807) is 0 Å². The Morgan fingerprint density at radius 2 is 1.96 bits per heavy atom. The number of aromatic nitrogens is 2. The number of hydrogen-bond donors (Lipinski definition) is 2. The normalized spacial score (nSPS) is 14.2. The summed E-state index contributed by atoms with van der Waals surface area (Å²) in [6.45, 7) is 1.58. The zero-order valence-corrected chi connectivity index (χ0v) is 14.8. The number of rotatable bonds is 7. The minimum Gasteiger partial charge on any atom is -0.484 e. The minimum atomic E-state index is -0.470. The molecule has 3 rings (SSSR count). The van der Waals surface area contributed by atoms with Crippen molar-refractivity contribution in [1.82, 2.24) is 15.1 Å². The standard InChI is InChI=1S/C19H26N4O2/c1-23(11-14-7-9-15(10-8-14)25-13-19(20)24)12-18-16-5-3-2-4-6-17(16)21-22-18/h7-10H,2-6,11-13H2,1H3,(H2,20,24)(H,21,22). The van der Waals surface area contributed by atoms with Crippen LogP contribution >= 0.6 is 0 Å². The third-order valence-electron chi connectivity index (χ3n) is 4.57. The first kappa shape index (κ1) is 17.5. The molecule has 0 radical (unpaired) electrons. The molecular weight excluding hydrogens is 316 g/mol. The van der Waals surface area contributed by atoms with Gasteiger partial charge in [0.2, 0.25) is 0 Å². The molecule has 1 aromatic carbocycles. The van der Waals surface area contributed by atoms with Gasteiger partial charge in [-0.15, -0.1) is 0 Å². The number of H-pyrrole nitrogens is 1. The van der Waals surface area contributed by atoms with E-state index in [4.69, 9.17) is 10.5 Å². The molecule has 3 N–H and O–H groups in total. The molecule has 1 heterocycles. The van der Waals surface area contributed by atoms with Crippen LogP contribution in [-0.2, 0) is 30.7 Å². The Labute approximate surface area is 148 Å². The smallest absolute Gasteiger partial charge is 0.255 e. The average Bonchev–Trinajstić information content (AvgIpc) is 2.81. The predicted octanol–water partition coefficient (Wildman–Crippen LogP) is 2.17. The monoisotopic (exact) mass is 342 g/mol. The first-order chi connectivity index (χ1) is 12.1. The van der Waals surface area contributed by atoms with Crippen molar-refractivity contribution in [3.05, 3.63) is 46.8 Å². The molecule has 1 amide bonds. The summed E-state index contributed by atoms with van der Waals surface area (Å²) < 4.78 is 5.28. The lowest BCUT2D eigenvalue weighted by Gasteiger charge is -2.16. The molecule has 1 aliphatic carbocycles. The second-order valence-electron chi connectivity index (χ2n) is 6.76. The number of primary amides is 1. The zero-order valence-electron chi connectivity index (χ0n) is 14.8. The third-order valence-corrected chi connectivity index (χ3v) is 4.57. The molecule has 25 heavy (non-hydrogen) atoms. The number of carbonyl (C=O) groups excluding carboxylic acids is 1. The van der Waals surface area contributed by atoms with Crippen LogP contribution in [0.15, 0.2) is 24.3 Å².